The van der Waals surface area contributed by atoms with Gasteiger partial charge in [0.2, 0.25) is 10.0 Å². The van der Waals surface area contributed by atoms with Crippen LogP contribution in [0.1, 0.15) is 0 Å². The van der Waals surface area contributed by atoms with Crippen LogP contribution in [0.2, 0.25) is 0 Å². The van der Waals surface area contributed by atoms with Gasteiger partial charge in [-0.05, 0) is 23.6 Å². The summed E-state index contributed by atoms with van der Waals surface area (Å²) >= 11 is 1.52. The van der Waals surface area contributed by atoms with E-state index in [2.05, 4.69) is 9.97 Å². The highest BCUT2D eigenvalue weighted by Crippen LogP contribution is 2.29. The van der Waals surface area contributed by atoms with Gasteiger partial charge in [0.25, 0.3) is 0 Å². The number of thiophene rings is 1. The van der Waals surface area contributed by atoms with Crippen LogP contribution < -0.4 is 4.90 Å². The van der Waals surface area contributed by atoms with Crippen molar-refractivity contribution in [3.8, 4) is 0 Å². The predicted octanol–water partition coefficient (Wildman–Crippen LogP) is 2.48. The molecule has 0 atom stereocenters. The molecule has 136 valence electrons. The smallest absolute Gasteiger partial charge is 0.246 e. The highest BCUT2D eigenvalue weighted by Gasteiger charge is 2.32. The van der Waals surface area contributed by atoms with Crippen molar-refractivity contribution in [3.05, 3.63) is 47.6 Å². The Balaban J connectivity index is 1.57. The normalized spacial score (nSPS) is 16.3. The molecule has 0 bridgehead atoms. The van der Waals surface area contributed by atoms with Crippen LogP contribution in [0.25, 0.3) is 10.2 Å². The number of fused-ring (bicyclic) bond motifs is 1. The summed E-state index contributed by atoms with van der Waals surface area (Å²) in [6, 6.07) is 5.07. The van der Waals surface area contributed by atoms with Crippen molar-refractivity contribution in [2.75, 3.05) is 31.1 Å². The number of anilines is 1. The number of aromatic nitrogens is 2. The van der Waals surface area contributed by atoms with Gasteiger partial charge in [-0.15, -0.1) is 11.3 Å². The Labute approximate surface area is 152 Å². The third-order valence-corrected chi connectivity index (χ3v) is 7.11. The predicted molar refractivity (Wildman–Crippen MR) is 94.7 cm³/mol. The van der Waals surface area contributed by atoms with Crippen molar-refractivity contribution in [1.29, 1.82) is 0 Å². The van der Waals surface area contributed by atoms with E-state index in [-0.39, 0.29) is 13.1 Å². The third-order valence-electron chi connectivity index (χ3n) is 4.30. The number of benzene rings is 1. The van der Waals surface area contributed by atoms with Crippen LogP contribution in [0.4, 0.5) is 14.6 Å². The lowest BCUT2D eigenvalue weighted by atomic mass is 10.3. The van der Waals surface area contributed by atoms with E-state index in [1.54, 1.807) is 0 Å². The molecule has 1 aliphatic rings. The molecule has 26 heavy (non-hydrogen) atoms. The molecular formula is C16H14F2N4O2S2. The number of hydrogen-bond donors (Lipinski definition) is 0. The van der Waals surface area contributed by atoms with Gasteiger partial charge >= 0.3 is 0 Å². The maximum atomic E-state index is 13.9. The van der Waals surface area contributed by atoms with E-state index in [4.69, 9.17) is 0 Å². The van der Waals surface area contributed by atoms with Crippen molar-refractivity contribution in [1.82, 2.24) is 14.3 Å². The Morgan fingerprint density at radius 3 is 2.58 bits per heavy atom. The molecule has 1 fully saturated rings. The summed E-state index contributed by atoms with van der Waals surface area (Å²) in [5.41, 5.74) is 0.844. The van der Waals surface area contributed by atoms with Crippen molar-refractivity contribution < 1.29 is 17.2 Å². The lowest BCUT2D eigenvalue weighted by molar-refractivity contribution is 0.379. The molecule has 1 aliphatic heterocycles. The zero-order chi connectivity index (χ0) is 18.3. The Morgan fingerprint density at radius 2 is 1.81 bits per heavy atom. The molecule has 0 N–H and O–H groups in total. The van der Waals surface area contributed by atoms with E-state index >= 15 is 0 Å². The first-order valence-corrected chi connectivity index (χ1v) is 10.2. The second-order valence-corrected chi connectivity index (χ2v) is 8.60. The average molecular weight is 396 g/mol. The van der Waals surface area contributed by atoms with Crippen LogP contribution >= 0.6 is 11.3 Å². The summed E-state index contributed by atoms with van der Waals surface area (Å²) in [4.78, 5) is 9.87. The van der Waals surface area contributed by atoms with Gasteiger partial charge in [0.15, 0.2) is 11.6 Å². The van der Waals surface area contributed by atoms with Crippen LogP contribution in [0.3, 0.4) is 0 Å². The molecule has 0 unspecified atom stereocenters. The summed E-state index contributed by atoms with van der Waals surface area (Å²) in [6.07, 6.45) is 1.48. The summed E-state index contributed by atoms with van der Waals surface area (Å²) in [5, 5.41) is 1.93. The van der Waals surface area contributed by atoms with Crippen molar-refractivity contribution >= 4 is 37.4 Å². The fourth-order valence-electron chi connectivity index (χ4n) is 2.96. The summed E-state index contributed by atoms with van der Waals surface area (Å²) < 4.78 is 54.7. The lowest BCUT2D eigenvalue weighted by Gasteiger charge is -2.34. The fourth-order valence-corrected chi connectivity index (χ4v) is 5.32. The van der Waals surface area contributed by atoms with Crippen LogP contribution in [-0.4, -0.2) is 48.9 Å². The summed E-state index contributed by atoms with van der Waals surface area (Å²) in [7, 11) is -4.09. The molecule has 4 rings (SSSR count). The van der Waals surface area contributed by atoms with Crippen molar-refractivity contribution in [2.45, 2.75) is 4.90 Å². The van der Waals surface area contributed by atoms with Gasteiger partial charge in [-0.25, -0.2) is 27.2 Å². The van der Waals surface area contributed by atoms with Gasteiger partial charge in [-0.1, -0.05) is 6.07 Å². The Bertz CT molecular complexity index is 1060. The van der Waals surface area contributed by atoms with Crippen LogP contribution in [0, 0.1) is 11.6 Å². The second kappa shape index (κ2) is 6.53. The summed E-state index contributed by atoms with van der Waals surface area (Å²) in [5.74, 6) is -1.75. The van der Waals surface area contributed by atoms with Crippen LogP contribution in [0.15, 0.2) is 40.9 Å². The zero-order valence-electron chi connectivity index (χ0n) is 13.5. The number of sulfonamides is 1. The van der Waals surface area contributed by atoms with Gasteiger partial charge in [-0.3, -0.25) is 0 Å². The molecule has 0 aliphatic carbocycles. The number of rotatable bonds is 3. The van der Waals surface area contributed by atoms with Gasteiger partial charge in [0, 0.05) is 26.2 Å². The molecule has 1 saturated heterocycles. The van der Waals surface area contributed by atoms with E-state index in [1.807, 2.05) is 16.3 Å². The maximum Gasteiger partial charge on any atom is 0.246 e. The Hall–Kier alpha value is -2.17. The standard InChI is InChI=1S/C16H14F2N4O2S2/c17-11-2-1-3-13(14(11)18)26(23,24)22-7-5-21(6-8-22)16-15-12(4-9-25-15)19-10-20-16/h1-4,9-10H,5-8H2. The van der Waals surface area contributed by atoms with E-state index in [9.17, 15) is 17.2 Å². The minimum absolute atomic E-state index is 0.162. The highest BCUT2D eigenvalue weighted by atomic mass is 32.2. The third kappa shape index (κ3) is 2.83. The number of nitrogens with zero attached hydrogens (tertiary/aromatic N) is 4. The average Bonchev–Trinajstić information content (AvgIpc) is 3.13. The van der Waals surface area contributed by atoms with Gasteiger partial charge in [0.1, 0.15) is 17.0 Å². The molecule has 3 aromatic rings. The molecular weight excluding hydrogens is 382 g/mol. The number of hydrogen-bond acceptors (Lipinski definition) is 6. The first-order valence-electron chi connectivity index (χ1n) is 7.86. The molecule has 3 heterocycles. The SMILES string of the molecule is O=S(=O)(c1cccc(F)c1F)N1CCN(c2ncnc3ccsc23)CC1. The monoisotopic (exact) mass is 396 g/mol. The van der Waals surface area contributed by atoms with E-state index in [0.717, 1.165) is 28.2 Å². The fraction of sp³-hybridized carbons (Fsp3) is 0.250. The Kier molecular flexibility index (Phi) is 4.33. The topological polar surface area (TPSA) is 66.4 Å². The largest absolute Gasteiger partial charge is 0.353 e. The number of piperazine rings is 1. The van der Waals surface area contributed by atoms with Crippen LogP contribution in [0.5, 0.6) is 0 Å². The molecule has 10 heteroatoms. The van der Waals surface area contributed by atoms with Gasteiger partial charge in [0.05, 0.1) is 10.2 Å². The quantitative estimate of drug-likeness (QED) is 0.681. The highest BCUT2D eigenvalue weighted by molar-refractivity contribution is 7.89. The minimum Gasteiger partial charge on any atom is -0.353 e. The van der Waals surface area contributed by atoms with Crippen LogP contribution in [-0.2, 0) is 10.0 Å². The molecule has 6 nitrogen and oxygen atoms in total. The molecule has 0 saturated carbocycles. The first kappa shape index (κ1) is 17.3. The summed E-state index contributed by atoms with van der Waals surface area (Å²) in [6.45, 7) is 1.13. The molecule has 0 amide bonds. The van der Waals surface area contributed by atoms with E-state index < -0.39 is 26.6 Å². The number of halogens is 2. The minimum atomic E-state index is -4.09. The van der Waals surface area contributed by atoms with Crippen molar-refractivity contribution in [3.63, 3.8) is 0 Å². The van der Waals surface area contributed by atoms with E-state index in [1.165, 1.54) is 28.0 Å². The molecule has 2 aromatic heterocycles. The molecule has 0 spiro atoms. The van der Waals surface area contributed by atoms with Gasteiger partial charge < -0.3 is 4.90 Å². The first-order chi connectivity index (χ1) is 12.5. The molecule has 0 radical (unpaired) electrons. The lowest BCUT2D eigenvalue weighted by Crippen LogP contribution is -2.49. The second-order valence-electron chi connectivity index (χ2n) is 5.78. The van der Waals surface area contributed by atoms with E-state index in [0.29, 0.717) is 13.1 Å². The van der Waals surface area contributed by atoms with Crippen molar-refractivity contribution in [2.24, 2.45) is 0 Å². The molecule has 1 aromatic carbocycles. The van der Waals surface area contributed by atoms with Gasteiger partial charge in [-0.2, -0.15) is 4.31 Å². The maximum absolute atomic E-state index is 13.9. The Morgan fingerprint density at radius 1 is 1.04 bits per heavy atom. The zero-order valence-corrected chi connectivity index (χ0v) is 15.1.